The van der Waals surface area contributed by atoms with Crippen LogP contribution in [0.25, 0.3) is 0 Å². The predicted octanol–water partition coefficient (Wildman–Crippen LogP) is 3.23. The molecule has 4 nitrogen and oxygen atoms in total. The van der Waals surface area contributed by atoms with Crippen molar-refractivity contribution in [2.45, 2.75) is 0 Å². The number of carbonyl (C=O) groups is 2. The summed E-state index contributed by atoms with van der Waals surface area (Å²) >= 11 is 8.97. The lowest BCUT2D eigenvalue weighted by molar-refractivity contribution is -0.113. The second kappa shape index (κ2) is 6.04. The Morgan fingerprint density at radius 1 is 1.32 bits per heavy atom. The Balaban J connectivity index is 2.40. The molecule has 0 spiro atoms. The van der Waals surface area contributed by atoms with Crippen molar-refractivity contribution in [3.63, 3.8) is 0 Å². The molecule has 0 atom stereocenters. The number of rotatable bonds is 4. The number of amides is 1. The highest BCUT2D eigenvalue weighted by Gasteiger charge is 2.16. The first kappa shape index (κ1) is 13.8. The largest absolute Gasteiger partial charge is 0.367 e. The number of hydrogen-bond donors (Lipinski definition) is 2. The number of ketones is 1. The third kappa shape index (κ3) is 3.24. The third-order valence-electron chi connectivity index (χ3n) is 2.48. The Labute approximate surface area is 123 Å². The Morgan fingerprint density at radius 3 is 2.74 bits per heavy atom. The van der Waals surface area contributed by atoms with Crippen LogP contribution < -0.4 is 5.32 Å². The van der Waals surface area contributed by atoms with E-state index in [9.17, 15) is 9.59 Å². The van der Waals surface area contributed by atoms with E-state index < -0.39 is 0 Å². The molecule has 1 aromatic carbocycles. The van der Waals surface area contributed by atoms with Gasteiger partial charge in [-0.15, -0.1) is 0 Å². The number of nitrogens with one attached hydrogen (secondary N) is 2. The number of H-pyrrole nitrogens is 1. The van der Waals surface area contributed by atoms with Crippen molar-refractivity contribution in [3.05, 3.63) is 52.8 Å². The van der Waals surface area contributed by atoms with Crippen LogP contribution in [0.15, 0.2) is 36.7 Å². The van der Waals surface area contributed by atoms with Crippen molar-refractivity contribution >= 4 is 44.9 Å². The number of benzene rings is 1. The smallest absolute Gasteiger partial charge is 0.235 e. The van der Waals surface area contributed by atoms with Crippen molar-refractivity contribution < 1.29 is 9.59 Å². The maximum absolute atomic E-state index is 12.3. The van der Waals surface area contributed by atoms with Crippen LogP contribution in [0, 0.1) is 0 Å². The summed E-state index contributed by atoms with van der Waals surface area (Å²) in [7, 11) is 0. The second-order valence-corrected chi connectivity index (χ2v) is 4.80. The van der Waals surface area contributed by atoms with Crippen LogP contribution in [-0.4, -0.2) is 22.0 Å². The van der Waals surface area contributed by atoms with Crippen molar-refractivity contribution in [1.29, 1.82) is 0 Å². The molecular weight excluding hydrogens is 332 g/mol. The highest BCUT2D eigenvalue weighted by atomic mass is 79.9. The fourth-order valence-corrected chi connectivity index (χ4v) is 1.93. The molecule has 0 saturated heterocycles. The minimum Gasteiger partial charge on any atom is -0.367 e. The quantitative estimate of drug-likeness (QED) is 0.662. The molecule has 2 rings (SSSR count). The van der Waals surface area contributed by atoms with Crippen LogP contribution in [0.2, 0.25) is 5.02 Å². The molecule has 0 bridgehead atoms. The van der Waals surface area contributed by atoms with Gasteiger partial charge >= 0.3 is 0 Å². The van der Waals surface area contributed by atoms with Gasteiger partial charge in [0.15, 0.2) is 5.78 Å². The maximum Gasteiger partial charge on any atom is 0.235 e. The van der Waals surface area contributed by atoms with Gasteiger partial charge in [-0.1, -0.05) is 27.5 Å². The summed E-state index contributed by atoms with van der Waals surface area (Å²) in [5.74, 6) is -0.431. The lowest BCUT2D eigenvalue weighted by atomic mass is 10.0. The summed E-state index contributed by atoms with van der Waals surface area (Å²) in [6, 6.07) is 6.45. The average molecular weight is 342 g/mol. The molecule has 19 heavy (non-hydrogen) atoms. The number of aromatic amines is 1. The van der Waals surface area contributed by atoms with Crippen molar-refractivity contribution in [2.75, 3.05) is 10.6 Å². The van der Waals surface area contributed by atoms with E-state index >= 15 is 0 Å². The Hall–Kier alpha value is -1.59. The van der Waals surface area contributed by atoms with E-state index in [0.717, 1.165) is 0 Å². The summed E-state index contributed by atoms with van der Waals surface area (Å²) < 4.78 is 0. The molecule has 2 N–H and O–H groups in total. The molecule has 2 aromatic rings. The number of anilines is 1. The van der Waals surface area contributed by atoms with Crippen molar-refractivity contribution in [3.8, 4) is 0 Å². The molecule has 1 aromatic heterocycles. The van der Waals surface area contributed by atoms with Gasteiger partial charge in [0, 0.05) is 28.5 Å². The van der Waals surface area contributed by atoms with E-state index in [1.165, 1.54) is 0 Å². The summed E-state index contributed by atoms with van der Waals surface area (Å²) in [4.78, 5) is 26.5. The number of alkyl halides is 1. The first-order valence-electron chi connectivity index (χ1n) is 5.44. The highest BCUT2D eigenvalue weighted by molar-refractivity contribution is 9.09. The minimum absolute atomic E-state index is 0.160. The number of halogens is 2. The standard InChI is InChI=1S/C13H10BrClN2O2/c14-6-12(18)17-11-2-1-9(15)5-10(11)13(19)8-3-4-16-7-8/h1-5,7,16H,6H2,(H,17,18). The number of hydrogen-bond acceptors (Lipinski definition) is 2. The van der Waals surface area contributed by atoms with Gasteiger partial charge in [0.1, 0.15) is 0 Å². The maximum atomic E-state index is 12.3. The summed E-state index contributed by atoms with van der Waals surface area (Å²) in [6.07, 6.45) is 3.26. The zero-order valence-corrected chi connectivity index (χ0v) is 12.1. The first-order valence-corrected chi connectivity index (χ1v) is 6.94. The molecule has 0 fully saturated rings. The normalized spacial score (nSPS) is 10.2. The lowest BCUT2D eigenvalue weighted by Crippen LogP contribution is -2.15. The van der Waals surface area contributed by atoms with Crippen LogP contribution in [-0.2, 0) is 4.79 Å². The van der Waals surface area contributed by atoms with Gasteiger partial charge < -0.3 is 10.3 Å². The van der Waals surface area contributed by atoms with Gasteiger partial charge in [0.25, 0.3) is 0 Å². The fraction of sp³-hybridized carbons (Fsp3) is 0.0769. The Morgan fingerprint density at radius 2 is 2.11 bits per heavy atom. The summed E-state index contributed by atoms with van der Waals surface area (Å²) in [5.41, 5.74) is 1.32. The molecule has 1 heterocycles. The molecule has 0 aliphatic carbocycles. The molecule has 0 aliphatic heterocycles. The van der Waals surface area contributed by atoms with Gasteiger partial charge in [0.05, 0.1) is 11.0 Å². The summed E-state index contributed by atoms with van der Waals surface area (Å²) in [6.45, 7) is 0. The van der Waals surface area contributed by atoms with Crippen molar-refractivity contribution in [2.24, 2.45) is 0 Å². The van der Waals surface area contributed by atoms with Crippen LogP contribution in [0.1, 0.15) is 15.9 Å². The van der Waals surface area contributed by atoms with Crippen LogP contribution in [0.5, 0.6) is 0 Å². The van der Waals surface area contributed by atoms with Crippen molar-refractivity contribution in [1.82, 2.24) is 4.98 Å². The van der Waals surface area contributed by atoms with E-state index in [4.69, 9.17) is 11.6 Å². The second-order valence-electron chi connectivity index (χ2n) is 3.80. The predicted molar refractivity (Wildman–Crippen MR) is 78.1 cm³/mol. The van der Waals surface area contributed by atoms with Crippen LogP contribution >= 0.6 is 27.5 Å². The van der Waals surface area contributed by atoms with Gasteiger partial charge in [-0.05, 0) is 24.3 Å². The molecule has 0 saturated carbocycles. The first-order chi connectivity index (χ1) is 9.11. The minimum atomic E-state index is -0.231. The average Bonchev–Trinajstić information content (AvgIpc) is 2.93. The molecule has 6 heteroatoms. The zero-order chi connectivity index (χ0) is 13.8. The Kier molecular flexibility index (Phi) is 4.39. The third-order valence-corrected chi connectivity index (χ3v) is 3.23. The SMILES string of the molecule is O=C(CBr)Nc1ccc(Cl)cc1C(=O)c1cc[nH]c1. The number of aromatic nitrogens is 1. The van der Waals surface area contributed by atoms with E-state index in [2.05, 4.69) is 26.2 Å². The zero-order valence-electron chi connectivity index (χ0n) is 9.74. The molecular formula is C13H10BrClN2O2. The Bertz CT molecular complexity index is 611. The van der Waals surface area contributed by atoms with Gasteiger partial charge in [-0.2, -0.15) is 0 Å². The van der Waals surface area contributed by atoms with Crippen LogP contribution in [0.3, 0.4) is 0 Å². The monoisotopic (exact) mass is 340 g/mol. The van der Waals surface area contributed by atoms with Gasteiger partial charge in [-0.3, -0.25) is 9.59 Å². The van der Waals surface area contributed by atoms with E-state index in [-0.39, 0.29) is 17.0 Å². The molecule has 98 valence electrons. The molecule has 1 amide bonds. The van der Waals surface area contributed by atoms with Crippen LogP contribution in [0.4, 0.5) is 5.69 Å². The summed E-state index contributed by atoms with van der Waals surface area (Å²) in [5, 5.41) is 3.26. The van der Waals surface area contributed by atoms with E-state index in [0.29, 0.717) is 21.8 Å². The number of carbonyl (C=O) groups excluding carboxylic acids is 2. The molecule has 0 unspecified atom stereocenters. The highest BCUT2D eigenvalue weighted by Crippen LogP contribution is 2.23. The van der Waals surface area contributed by atoms with E-state index in [1.807, 2.05) is 0 Å². The van der Waals surface area contributed by atoms with E-state index in [1.54, 1.807) is 36.7 Å². The fourth-order valence-electron chi connectivity index (χ4n) is 1.62. The van der Waals surface area contributed by atoms with Gasteiger partial charge in [-0.25, -0.2) is 0 Å². The molecule has 0 radical (unpaired) electrons. The molecule has 0 aliphatic rings. The lowest BCUT2D eigenvalue weighted by Gasteiger charge is -2.09. The van der Waals surface area contributed by atoms with Gasteiger partial charge in [0.2, 0.25) is 5.91 Å². The topological polar surface area (TPSA) is 62.0 Å².